The van der Waals surface area contributed by atoms with Crippen molar-refractivity contribution in [1.29, 1.82) is 0 Å². The fourth-order valence-corrected chi connectivity index (χ4v) is 2.40. The Kier molecular flexibility index (Phi) is 4.82. The molecule has 0 saturated carbocycles. The van der Waals surface area contributed by atoms with Gasteiger partial charge in [0.05, 0.1) is 0 Å². The van der Waals surface area contributed by atoms with Crippen LogP contribution in [0.3, 0.4) is 0 Å². The third kappa shape index (κ3) is 3.06. The first kappa shape index (κ1) is 15.1. The van der Waals surface area contributed by atoms with Crippen molar-refractivity contribution in [3.05, 3.63) is 35.4 Å². The van der Waals surface area contributed by atoms with Crippen molar-refractivity contribution in [3.8, 4) is 0 Å². The number of halogens is 2. The van der Waals surface area contributed by atoms with Crippen LogP contribution in [-0.2, 0) is 0 Å². The quantitative estimate of drug-likeness (QED) is 0.877. The van der Waals surface area contributed by atoms with E-state index < -0.39 is 17.7 Å². The highest BCUT2D eigenvalue weighted by molar-refractivity contribution is 5.24. The summed E-state index contributed by atoms with van der Waals surface area (Å²) >= 11 is 0. The van der Waals surface area contributed by atoms with Crippen LogP contribution in [0.4, 0.5) is 8.78 Å². The van der Waals surface area contributed by atoms with Gasteiger partial charge >= 0.3 is 0 Å². The fraction of sp³-hybridized carbons (Fsp3) is 0.571. The molecule has 0 amide bonds. The van der Waals surface area contributed by atoms with E-state index in [-0.39, 0.29) is 5.54 Å². The summed E-state index contributed by atoms with van der Waals surface area (Å²) in [6, 6.07) is 3.03. The molecule has 0 aliphatic carbocycles. The summed E-state index contributed by atoms with van der Waals surface area (Å²) in [5, 5.41) is 0. The molecule has 102 valence electrons. The number of nitrogens with zero attached hydrogens (tertiary/aromatic N) is 1. The maximum absolute atomic E-state index is 13.2. The van der Waals surface area contributed by atoms with E-state index in [0.29, 0.717) is 5.56 Å². The van der Waals surface area contributed by atoms with Crippen LogP contribution >= 0.6 is 0 Å². The molecular weight excluding hydrogens is 234 g/mol. The molecule has 2 nitrogen and oxygen atoms in total. The summed E-state index contributed by atoms with van der Waals surface area (Å²) in [6.45, 7) is 9.76. The smallest absolute Gasteiger partial charge is 0.126 e. The minimum atomic E-state index is -0.587. The Balaban J connectivity index is 3.08. The van der Waals surface area contributed by atoms with Crippen molar-refractivity contribution in [2.45, 2.75) is 39.3 Å². The molecule has 0 bridgehead atoms. The van der Waals surface area contributed by atoms with E-state index in [1.165, 1.54) is 12.1 Å². The third-order valence-corrected chi connectivity index (χ3v) is 3.58. The lowest BCUT2D eigenvalue weighted by Crippen LogP contribution is -2.51. The maximum Gasteiger partial charge on any atom is 0.126 e. The van der Waals surface area contributed by atoms with E-state index in [2.05, 4.69) is 4.90 Å². The van der Waals surface area contributed by atoms with E-state index in [0.717, 1.165) is 19.2 Å². The number of likely N-dealkylation sites (N-methyl/N-ethyl adjacent to an activating group) is 1. The molecule has 4 heteroatoms. The van der Waals surface area contributed by atoms with Crippen LogP contribution in [0.1, 0.15) is 39.3 Å². The Morgan fingerprint density at radius 2 is 1.56 bits per heavy atom. The van der Waals surface area contributed by atoms with E-state index in [1.807, 2.05) is 27.7 Å². The van der Waals surface area contributed by atoms with Gasteiger partial charge in [-0.25, -0.2) is 8.78 Å². The van der Waals surface area contributed by atoms with Crippen molar-refractivity contribution in [1.82, 2.24) is 4.90 Å². The second kappa shape index (κ2) is 5.76. The van der Waals surface area contributed by atoms with Crippen LogP contribution in [0.5, 0.6) is 0 Å². The van der Waals surface area contributed by atoms with Gasteiger partial charge in [0.15, 0.2) is 0 Å². The lowest BCUT2D eigenvalue weighted by Gasteiger charge is -2.42. The molecule has 1 rings (SSSR count). The maximum atomic E-state index is 13.2. The summed E-state index contributed by atoms with van der Waals surface area (Å²) in [4.78, 5) is 2.18. The molecule has 0 saturated heterocycles. The average Bonchev–Trinajstić information content (AvgIpc) is 2.27. The zero-order valence-electron chi connectivity index (χ0n) is 11.5. The zero-order valence-corrected chi connectivity index (χ0v) is 11.5. The van der Waals surface area contributed by atoms with Crippen molar-refractivity contribution in [2.24, 2.45) is 5.73 Å². The average molecular weight is 256 g/mol. The standard InChI is InChI=1S/C14H22F2N2/c1-5-18(6-2)14(3,4)13(17)10-7-11(15)9-12(16)8-10/h7-9,13H,5-6,17H2,1-4H3. The first-order valence-electron chi connectivity index (χ1n) is 6.29. The molecule has 0 spiro atoms. The lowest BCUT2D eigenvalue weighted by atomic mass is 9.87. The van der Waals surface area contributed by atoms with E-state index >= 15 is 0 Å². The van der Waals surface area contributed by atoms with E-state index in [9.17, 15) is 8.78 Å². The molecule has 18 heavy (non-hydrogen) atoms. The van der Waals surface area contributed by atoms with Gasteiger partial charge in [0.2, 0.25) is 0 Å². The molecule has 0 fully saturated rings. The molecular formula is C14H22F2N2. The van der Waals surface area contributed by atoms with E-state index in [4.69, 9.17) is 5.73 Å². The molecule has 1 atom stereocenters. The molecule has 1 aromatic rings. The number of hydrogen-bond acceptors (Lipinski definition) is 2. The van der Waals surface area contributed by atoms with Gasteiger partial charge in [0.25, 0.3) is 0 Å². The number of nitrogens with two attached hydrogens (primary N) is 1. The van der Waals surface area contributed by atoms with Crippen LogP contribution in [0.2, 0.25) is 0 Å². The van der Waals surface area contributed by atoms with Crippen LogP contribution < -0.4 is 5.73 Å². The van der Waals surface area contributed by atoms with Gasteiger partial charge in [-0.2, -0.15) is 0 Å². The third-order valence-electron chi connectivity index (χ3n) is 3.58. The van der Waals surface area contributed by atoms with Gasteiger partial charge in [0, 0.05) is 17.6 Å². The molecule has 0 aliphatic heterocycles. The largest absolute Gasteiger partial charge is 0.322 e. The molecule has 0 radical (unpaired) electrons. The second-order valence-electron chi connectivity index (χ2n) is 5.01. The highest BCUT2D eigenvalue weighted by atomic mass is 19.1. The SMILES string of the molecule is CCN(CC)C(C)(C)C(N)c1cc(F)cc(F)c1. The Hall–Kier alpha value is -1.00. The first-order valence-corrected chi connectivity index (χ1v) is 6.29. The number of hydrogen-bond donors (Lipinski definition) is 1. The highest BCUT2D eigenvalue weighted by Gasteiger charge is 2.32. The van der Waals surface area contributed by atoms with Gasteiger partial charge in [-0.05, 0) is 44.6 Å². The van der Waals surface area contributed by atoms with Crippen LogP contribution in [-0.4, -0.2) is 23.5 Å². The number of rotatable bonds is 5. The lowest BCUT2D eigenvalue weighted by molar-refractivity contribution is 0.106. The minimum Gasteiger partial charge on any atom is -0.322 e. The summed E-state index contributed by atoms with van der Waals surface area (Å²) in [5.41, 5.74) is 6.32. The molecule has 0 aromatic heterocycles. The van der Waals surface area contributed by atoms with Gasteiger partial charge in [-0.15, -0.1) is 0 Å². The van der Waals surface area contributed by atoms with Crippen LogP contribution in [0, 0.1) is 11.6 Å². The normalized spacial score (nSPS) is 14.0. The Bertz CT molecular complexity index is 381. The minimum absolute atomic E-state index is 0.357. The molecule has 0 aliphatic rings. The summed E-state index contributed by atoms with van der Waals surface area (Å²) in [5.74, 6) is -1.17. The van der Waals surface area contributed by atoms with Crippen LogP contribution in [0.15, 0.2) is 18.2 Å². The zero-order chi connectivity index (χ0) is 13.9. The molecule has 1 aromatic carbocycles. The topological polar surface area (TPSA) is 29.3 Å². The fourth-order valence-electron chi connectivity index (χ4n) is 2.40. The molecule has 2 N–H and O–H groups in total. The summed E-state index contributed by atoms with van der Waals surface area (Å²) in [6.07, 6.45) is 0. The molecule has 0 heterocycles. The van der Waals surface area contributed by atoms with Crippen LogP contribution in [0.25, 0.3) is 0 Å². The highest BCUT2D eigenvalue weighted by Crippen LogP contribution is 2.29. The number of benzene rings is 1. The second-order valence-corrected chi connectivity index (χ2v) is 5.01. The van der Waals surface area contributed by atoms with Crippen molar-refractivity contribution >= 4 is 0 Å². The van der Waals surface area contributed by atoms with Gasteiger partial charge in [-0.3, -0.25) is 4.90 Å². The Morgan fingerprint density at radius 3 is 1.94 bits per heavy atom. The van der Waals surface area contributed by atoms with Gasteiger partial charge in [-0.1, -0.05) is 13.8 Å². The summed E-state index contributed by atoms with van der Waals surface area (Å²) < 4.78 is 26.5. The summed E-state index contributed by atoms with van der Waals surface area (Å²) in [7, 11) is 0. The monoisotopic (exact) mass is 256 g/mol. The van der Waals surface area contributed by atoms with Gasteiger partial charge in [0.1, 0.15) is 11.6 Å². The first-order chi connectivity index (χ1) is 8.32. The van der Waals surface area contributed by atoms with Crippen molar-refractivity contribution in [3.63, 3.8) is 0 Å². The predicted octanol–water partition coefficient (Wildman–Crippen LogP) is 3.09. The van der Waals surface area contributed by atoms with Gasteiger partial charge < -0.3 is 5.73 Å². The van der Waals surface area contributed by atoms with Crippen molar-refractivity contribution < 1.29 is 8.78 Å². The Morgan fingerprint density at radius 1 is 1.11 bits per heavy atom. The molecule has 1 unspecified atom stereocenters. The predicted molar refractivity (Wildman–Crippen MR) is 70.3 cm³/mol. The van der Waals surface area contributed by atoms with E-state index in [1.54, 1.807) is 0 Å². The Labute approximate surface area is 108 Å². The van der Waals surface area contributed by atoms with Crippen molar-refractivity contribution in [2.75, 3.05) is 13.1 Å².